The molecule has 1 atom stereocenters. The Morgan fingerprint density at radius 1 is 1.12 bits per heavy atom. The zero-order valence-electron chi connectivity index (χ0n) is 14.6. The van der Waals surface area contributed by atoms with Gasteiger partial charge in [-0.2, -0.15) is 0 Å². The van der Waals surface area contributed by atoms with Crippen LogP contribution in [0.2, 0.25) is 0 Å². The number of benzene rings is 2. The highest BCUT2D eigenvalue weighted by Crippen LogP contribution is 2.30. The van der Waals surface area contributed by atoms with Crippen LogP contribution in [0, 0.1) is 0 Å². The number of aromatic nitrogens is 2. The number of imidazole rings is 1. The third-order valence-corrected chi connectivity index (χ3v) is 4.82. The minimum Gasteiger partial charge on any atom is -0.338 e. The fraction of sp³-hybridized carbons (Fsp3) is 0.211. The van der Waals surface area contributed by atoms with Crippen molar-refractivity contribution in [3.8, 4) is 5.69 Å². The molecule has 26 heavy (non-hydrogen) atoms. The Labute approximate surface area is 156 Å². The Hall–Kier alpha value is -2.80. The molecule has 0 aliphatic rings. The highest BCUT2D eigenvalue weighted by Gasteiger charge is 2.21. The van der Waals surface area contributed by atoms with E-state index in [0.717, 1.165) is 16.7 Å². The van der Waals surface area contributed by atoms with Gasteiger partial charge in [0.1, 0.15) is 0 Å². The number of thioether (sulfide) groups is 1. The van der Waals surface area contributed by atoms with Gasteiger partial charge in [0, 0.05) is 12.2 Å². The van der Waals surface area contributed by atoms with Gasteiger partial charge < -0.3 is 5.32 Å². The molecule has 3 amide bonds. The van der Waals surface area contributed by atoms with Crippen molar-refractivity contribution in [2.24, 2.45) is 0 Å². The molecule has 1 heterocycles. The van der Waals surface area contributed by atoms with Gasteiger partial charge in [0.25, 0.3) is 0 Å². The first-order valence-corrected chi connectivity index (χ1v) is 9.26. The molecule has 0 fully saturated rings. The van der Waals surface area contributed by atoms with E-state index in [9.17, 15) is 9.59 Å². The zero-order chi connectivity index (χ0) is 18.5. The number of fused-ring (bicyclic) bond motifs is 1. The standard InChI is InChI=1S/C19H20N4O2S/c1-3-20-18(25)22-17(24)13(2)26-19-21-15-11-7-8-12-16(15)23(19)14-9-5-4-6-10-14/h4-13H,3H2,1-2H3,(H2,20,22,24,25)/t13-/m1/s1. The number of carbonyl (C=O) groups is 2. The van der Waals surface area contributed by atoms with Crippen LogP contribution in [0.3, 0.4) is 0 Å². The van der Waals surface area contributed by atoms with Crippen LogP contribution in [0.15, 0.2) is 59.8 Å². The van der Waals surface area contributed by atoms with Crippen molar-refractivity contribution in [2.75, 3.05) is 6.54 Å². The summed E-state index contributed by atoms with van der Waals surface area (Å²) in [6.07, 6.45) is 0. The van der Waals surface area contributed by atoms with Gasteiger partial charge in [-0.3, -0.25) is 14.7 Å². The first-order chi connectivity index (χ1) is 12.6. The summed E-state index contributed by atoms with van der Waals surface area (Å²) in [7, 11) is 0. The zero-order valence-corrected chi connectivity index (χ0v) is 15.4. The number of nitrogens with one attached hydrogen (secondary N) is 2. The van der Waals surface area contributed by atoms with Gasteiger partial charge in [0.15, 0.2) is 5.16 Å². The van der Waals surface area contributed by atoms with Crippen molar-refractivity contribution >= 4 is 34.7 Å². The lowest BCUT2D eigenvalue weighted by molar-refractivity contribution is -0.119. The van der Waals surface area contributed by atoms with E-state index in [1.165, 1.54) is 11.8 Å². The predicted molar refractivity (Wildman–Crippen MR) is 104 cm³/mol. The lowest BCUT2D eigenvalue weighted by Gasteiger charge is -2.13. The number of urea groups is 1. The lowest BCUT2D eigenvalue weighted by atomic mass is 10.3. The van der Waals surface area contributed by atoms with Crippen LogP contribution in [0.5, 0.6) is 0 Å². The van der Waals surface area contributed by atoms with Crippen LogP contribution in [0.25, 0.3) is 16.7 Å². The molecule has 7 heteroatoms. The minimum absolute atomic E-state index is 0.354. The minimum atomic E-state index is -0.485. The maximum atomic E-state index is 12.3. The number of hydrogen-bond acceptors (Lipinski definition) is 4. The molecular formula is C19H20N4O2S. The molecule has 0 spiro atoms. The fourth-order valence-electron chi connectivity index (χ4n) is 2.54. The van der Waals surface area contributed by atoms with E-state index in [0.29, 0.717) is 11.7 Å². The summed E-state index contributed by atoms with van der Waals surface area (Å²) in [6.45, 7) is 4.02. The number of carbonyl (C=O) groups excluding carboxylic acids is 2. The number of rotatable bonds is 5. The number of hydrogen-bond donors (Lipinski definition) is 2. The average molecular weight is 368 g/mol. The molecule has 0 radical (unpaired) electrons. The van der Waals surface area contributed by atoms with Crippen LogP contribution in [-0.2, 0) is 4.79 Å². The maximum Gasteiger partial charge on any atom is 0.321 e. The summed E-state index contributed by atoms with van der Waals surface area (Å²) in [4.78, 5) is 28.5. The lowest BCUT2D eigenvalue weighted by Crippen LogP contribution is -2.42. The Morgan fingerprint density at radius 2 is 1.81 bits per heavy atom. The Bertz CT molecular complexity index is 924. The normalized spacial score (nSPS) is 11.9. The number of amides is 3. The number of para-hydroxylation sites is 3. The average Bonchev–Trinajstić information content (AvgIpc) is 3.00. The van der Waals surface area contributed by atoms with Crippen LogP contribution in [0.4, 0.5) is 4.79 Å². The molecule has 0 aliphatic heterocycles. The van der Waals surface area contributed by atoms with Crippen LogP contribution >= 0.6 is 11.8 Å². The van der Waals surface area contributed by atoms with Gasteiger partial charge in [-0.25, -0.2) is 9.78 Å². The van der Waals surface area contributed by atoms with Crippen molar-refractivity contribution in [1.29, 1.82) is 0 Å². The molecule has 1 aromatic heterocycles. The largest absolute Gasteiger partial charge is 0.338 e. The van der Waals surface area contributed by atoms with E-state index in [1.54, 1.807) is 13.8 Å². The molecule has 2 N–H and O–H groups in total. The number of nitrogens with zero attached hydrogens (tertiary/aromatic N) is 2. The summed E-state index contributed by atoms with van der Waals surface area (Å²) in [5.41, 5.74) is 2.80. The van der Waals surface area contributed by atoms with Crippen LogP contribution in [0.1, 0.15) is 13.8 Å². The van der Waals surface area contributed by atoms with E-state index in [4.69, 9.17) is 0 Å². The monoisotopic (exact) mass is 368 g/mol. The molecule has 0 aliphatic carbocycles. The summed E-state index contributed by atoms with van der Waals surface area (Å²) in [5, 5.41) is 5.13. The second kappa shape index (κ2) is 8.05. The van der Waals surface area contributed by atoms with Gasteiger partial charge in [0.2, 0.25) is 5.91 Å². The SMILES string of the molecule is CCNC(=O)NC(=O)[C@@H](C)Sc1nc2ccccc2n1-c1ccccc1. The van der Waals surface area contributed by atoms with E-state index in [2.05, 4.69) is 15.6 Å². The van der Waals surface area contributed by atoms with Crippen molar-refractivity contribution in [1.82, 2.24) is 20.2 Å². The van der Waals surface area contributed by atoms with Crippen LogP contribution < -0.4 is 10.6 Å². The maximum absolute atomic E-state index is 12.3. The molecule has 0 bridgehead atoms. The van der Waals surface area contributed by atoms with Crippen LogP contribution in [-0.4, -0.2) is 33.3 Å². The van der Waals surface area contributed by atoms with E-state index >= 15 is 0 Å². The summed E-state index contributed by atoms with van der Waals surface area (Å²) >= 11 is 1.32. The first kappa shape index (κ1) is 18.0. The Morgan fingerprint density at radius 3 is 2.54 bits per heavy atom. The first-order valence-electron chi connectivity index (χ1n) is 8.38. The molecule has 3 aromatic rings. The molecule has 3 rings (SSSR count). The van der Waals surface area contributed by atoms with E-state index < -0.39 is 11.3 Å². The molecular weight excluding hydrogens is 348 g/mol. The summed E-state index contributed by atoms with van der Waals surface area (Å²) in [6, 6.07) is 17.2. The van der Waals surface area contributed by atoms with Gasteiger partial charge in [0.05, 0.1) is 16.3 Å². The molecule has 2 aromatic carbocycles. The van der Waals surface area contributed by atoms with E-state index in [-0.39, 0.29) is 5.91 Å². The molecule has 0 unspecified atom stereocenters. The molecule has 134 valence electrons. The second-order valence-corrected chi connectivity index (χ2v) is 6.97. The summed E-state index contributed by atoms with van der Waals surface area (Å²) in [5.74, 6) is -0.354. The summed E-state index contributed by atoms with van der Waals surface area (Å²) < 4.78 is 2.02. The number of imide groups is 1. The second-order valence-electron chi connectivity index (χ2n) is 5.66. The highest BCUT2D eigenvalue weighted by molar-refractivity contribution is 8.00. The van der Waals surface area contributed by atoms with Gasteiger partial charge in [-0.1, -0.05) is 42.1 Å². The third kappa shape index (κ3) is 3.88. The van der Waals surface area contributed by atoms with Gasteiger partial charge >= 0.3 is 6.03 Å². The predicted octanol–water partition coefficient (Wildman–Crippen LogP) is 3.35. The molecule has 0 saturated carbocycles. The Balaban J connectivity index is 1.90. The molecule has 6 nitrogen and oxygen atoms in total. The van der Waals surface area contributed by atoms with Crippen molar-refractivity contribution < 1.29 is 9.59 Å². The smallest absolute Gasteiger partial charge is 0.321 e. The van der Waals surface area contributed by atoms with Gasteiger partial charge in [-0.05, 0) is 38.1 Å². The van der Waals surface area contributed by atoms with Gasteiger partial charge in [-0.15, -0.1) is 0 Å². The topological polar surface area (TPSA) is 76.0 Å². The quantitative estimate of drug-likeness (QED) is 0.677. The van der Waals surface area contributed by atoms with E-state index in [1.807, 2.05) is 59.2 Å². The fourth-order valence-corrected chi connectivity index (χ4v) is 3.48. The third-order valence-electron chi connectivity index (χ3n) is 3.77. The highest BCUT2D eigenvalue weighted by atomic mass is 32.2. The van der Waals surface area contributed by atoms with Crippen molar-refractivity contribution in [2.45, 2.75) is 24.3 Å². The molecule has 0 saturated heterocycles. The van der Waals surface area contributed by atoms with Crippen molar-refractivity contribution in [3.05, 3.63) is 54.6 Å². The van der Waals surface area contributed by atoms with Crippen molar-refractivity contribution in [3.63, 3.8) is 0 Å². The Kier molecular flexibility index (Phi) is 5.58.